The van der Waals surface area contributed by atoms with Crippen molar-refractivity contribution in [2.45, 2.75) is 12.8 Å². The van der Waals surface area contributed by atoms with Gasteiger partial charge in [-0.15, -0.1) is 0 Å². The van der Waals surface area contributed by atoms with Crippen LogP contribution in [0.15, 0.2) is 48.7 Å². The van der Waals surface area contributed by atoms with Crippen LogP contribution >= 0.6 is 0 Å². The fourth-order valence-corrected chi connectivity index (χ4v) is 2.05. The molecule has 0 saturated carbocycles. The van der Waals surface area contributed by atoms with Crippen LogP contribution in [0.25, 0.3) is 0 Å². The van der Waals surface area contributed by atoms with Crippen LogP contribution in [-0.2, 0) is 4.79 Å². The highest BCUT2D eigenvalue weighted by molar-refractivity contribution is 5.95. The zero-order valence-electron chi connectivity index (χ0n) is 11.6. The van der Waals surface area contributed by atoms with Crippen molar-refractivity contribution in [3.63, 3.8) is 0 Å². The molecule has 2 N–H and O–H groups in total. The van der Waals surface area contributed by atoms with E-state index in [-0.39, 0.29) is 12.5 Å². The van der Waals surface area contributed by atoms with Crippen LogP contribution in [0.5, 0.6) is 0 Å². The van der Waals surface area contributed by atoms with Gasteiger partial charge >= 0.3 is 5.97 Å². The number of nitrogens with zero attached hydrogens (tertiary/aromatic N) is 1. The summed E-state index contributed by atoms with van der Waals surface area (Å²) < 4.78 is 0. The highest BCUT2D eigenvalue weighted by Gasteiger charge is 2.21. The van der Waals surface area contributed by atoms with Crippen LogP contribution in [0.3, 0.4) is 0 Å². The number of hydrogen-bond acceptors (Lipinski definition) is 3. The van der Waals surface area contributed by atoms with Gasteiger partial charge in [0.05, 0.1) is 11.5 Å². The van der Waals surface area contributed by atoms with E-state index in [9.17, 15) is 14.7 Å². The highest BCUT2D eigenvalue weighted by Crippen LogP contribution is 2.15. The number of carboxylic acids is 1. The summed E-state index contributed by atoms with van der Waals surface area (Å²) >= 11 is 0. The monoisotopic (exact) mass is 284 g/mol. The van der Waals surface area contributed by atoms with Crippen molar-refractivity contribution in [2.24, 2.45) is 0 Å². The minimum absolute atomic E-state index is 0.0342. The molecular weight excluding hydrogens is 268 g/mol. The van der Waals surface area contributed by atoms with Gasteiger partial charge in [0, 0.05) is 18.4 Å². The molecule has 2 aromatic rings. The van der Waals surface area contributed by atoms with E-state index < -0.39 is 11.9 Å². The van der Waals surface area contributed by atoms with Crippen LogP contribution in [0.2, 0.25) is 0 Å². The Labute approximate surface area is 122 Å². The van der Waals surface area contributed by atoms with Gasteiger partial charge < -0.3 is 10.4 Å². The van der Waals surface area contributed by atoms with Crippen LogP contribution in [0, 0.1) is 6.92 Å². The molecule has 0 aliphatic heterocycles. The summed E-state index contributed by atoms with van der Waals surface area (Å²) in [4.78, 5) is 27.5. The molecule has 108 valence electrons. The smallest absolute Gasteiger partial charge is 0.312 e. The lowest BCUT2D eigenvalue weighted by Gasteiger charge is -2.14. The van der Waals surface area contributed by atoms with Gasteiger partial charge in [-0.05, 0) is 24.6 Å². The van der Waals surface area contributed by atoms with Crippen molar-refractivity contribution in [1.82, 2.24) is 10.3 Å². The molecule has 1 unspecified atom stereocenters. The molecule has 1 amide bonds. The third-order valence-corrected chi connectivity index (χ3v) is 3.22. The van der Waals surface area contributed by atoms with E-state index in [1.165, 1.54) is 0 Å². The standard InChI is InChI=1S/C16H16N2O3/c1-11-13(8-5-9-17-11)15(19)18-10-14(16(20)21)12-6-3-2-4-7-12/h2-9,14H,10H2,1H3,(H,18,19)(H,20,21). The summed E-state index contributed by atoms with van der Waals surface area (Å²) in [5, 5.41) is 12.0. The number of aromatic nitrogens is 1. The SMILES string of the molecule is Cc1ncccc1C(=O)NCC(C(=O)O)c1ccccc1. The largest absolute Gasteiger partial charge is 0.481 e. The molecule has 1 aromatic carbocycles. The normalized spacial score (nSPS) is 11.7. The fraction of sp³-hybridized carbons (Fsp3) is 0.188. The molecule has 0 fully saturated rings. The number of amides is 1. The fourth-order valence-electron chi connectivity index (χ4n) is 2.05. The molecule has 0 bridgehead atoms. The number of aryl methyl sites for hydroxylation is 1. The van der Waals surface area contributed by atoms with Gasteiger partial charge in [0.2, 0.25) is 0 Å². The summed E-state index contributed by atoms with van der Waals surface area (Å²) in [5.41, 5.74) is 1.73. The molecule has 0 spiro atoms. The first kappa shape index (κ1) is 14.7. The first-order valence-electron chi connectivity index (χ1n) is 6.57. The van der Waals surface area contributed by atoms with Gasteiger partial charge in [0.25, 0.3) is 5.91 Å². The molecule has 1 atom stereocenters. The summed E-state index contributed by atoms with van der Waals surface area (Å²) in [5.74, 6) is -2.06. The maximum atomic E-state index is 12.1. The second-order valence-electron chi connectivity index (χ2n) is 4.65. The van der Waals surface area contributed by atoms with Crippen molar-refractivity contribution in [2.75, 3.05) is 6.54 Å². The number of aliphatic carboxylic acids is 1. The van der Waals surface area contributed by atoms with Gasteiger partial charge in [0.15, 0.2) is 0 Å². The molecule has 0 radical (unpaired) electrons. The maximum absolute atomic E-state index is 12.1. The Morgan fingerprint density at radius 3 is 2.52 bits per heavy atom. The molecule has 1 aromatic heterocycles. The Balaban J connectivity index is 2.08. The zero-order chi connectivity index (χ0) is 15.2. The minimum Gasteiger partial charge on any atom is -0.481 e. The van der Waals surface area contributed by atoms with Crippen molar-refractivity contribution in [3.05, 3.63) is 65.5 Å². The number of carboxylic acid groups (broad SMARTS) is 1. The molecule has 1 heterocycles. The molecule has 0 saturated heterocycles. The molecule has 0 aliphatic carbocycles. The van der Waals surface area contributed by atoms with Crippen molar-refractivity contribution in [3.8, 4) is 0 Å². The predicted molar refractivity (Wildman–Crippen MR) is 78.1 cm³/mol. The quantitative estimate of drug-likeness (QED) is 0.880. The topological polar surface area (TPSA) is 79.3 Å². The number of nitrogens with one attached hydrogen (secondary N) is 1. The summed E-state index contributed by atoms with van der Waals surface area (Å²) in [7, 11) is 0. The highest BCUT2D eigenvalue weighted by atomic mass is 16.4. The Morgan fingerprint density at radius 2 is 1.90 bits per heavy atom. The average Bonchev–Trinajstić information content (AvgIpc) is 2.48. The maximum Gasteiger partial charge on any atom is 0.312 e. The van der Waals surface area contributed by atoms with E-state index in [0.717, 1.165) is 0 Å². The second kappa shape index (κ2) is 6.65. The number of benzene rings is 1. The van der Waals surface area contributed by atoms with Crippen LogP contribution < -0.4 is 5.32 Å². The van der Waals surface area contributed by atoms with Crippen LogP contribution in [0.4, 0.5) is 0 Å². The molecule has 5 heteroatoms. The van der Waals surface area contributed by atoms with Gasteiger partial charge in [-0.1, -0.05) is 30.3 Å². The number of carbonyl (C=O) groups is 2. The van der Waals surface area contributed by atoms with Gasteiger partial charge in [0.1, 0.15) is 0 Å². The molecule has 2 rings (SSSR count). The van der Waals surface area contributed by atoms with Gasteiger partial charge in [-0.25, -0.2) is 0 Å². The Kier molecular flexibility index (Phi) is 4.66. The molecule has 5 nitrogen and oxygen atoms in total. The van der Waals surface area contributed by atoms with Crippen molar-refractivity contribution in [1.29, 1.82) is 0 Å². The predicted octanol–water partition coefficient (Wildman–Crippen LogP) is 1.99. The number of carbonyl (C=O) groups excluding carboxylic acids is 1. The number of hydrogen-bond donors (Lipinski definition) is 2. The molecular formula is C16H16N2O3. The minimum atomic E-state index is -0.968. The summed E-state index contributed by atoms with van der Waals surface area (Å²) in [6.07, 6.45) is 1.61. The first-order valence-corrected chi connectivity index (χ1v) is 6.57. The third-order valence-electron chi connectivity index (χ3n) is 3.22. The van der Waals surface area contributed by atoms with E-state index in [0.29, 0.717) is 16.8 Å². The summed E-state index contributed by atoms with van der Waals surface area (Å²) in [6.45, 7) is 1.77. The van der Waals surface area contributed by atoms with Gasteiger partial charge in [-0.2, -0.15) is 0 Å². The van der Waals surface area contributed by atoms with Crippen LogP contribution in [-0.4, -0.2) is 28.5 Å². The Morgan fingerprint density at radius 1 is 1.19 bits per heavy atom. The lowest BCUT2D eigenvalue weighted by atomic mass is 9.99. The van der Waals surface area contributed by atoms with Crippen molar-refractivity contribution < 1.29 is 14.7 Å². The Bertz CT molecular complexity index is 641. The van der Waals surface area contributed by atoms with E-state index in [1.54, 1.807) is 49.5 Å². The van der Waals surface area contributed by atoms with Gasteiger partial charge in [-0.3, -0.25) is 14.6 Å². The van der Waals surface area contributed by atoms with E-state index in [4.69, 9.17) is 0 Å². The van der Waals surface area contributed by atoms with Crippen LogP contribution in [0.1, 0.15) is 27.5 Å². The zero-order valence-corrected chi connectivity index (χ0v) is 11.6. The van der Waals surface area contributed by atoms with E-state index >= 15 is 0 Å². The third kappa shape index (κ3) is 3.66. The molecule has 21 heavy (non-hydrogen) atoms. The molecule has 0 aliphatic rings. The lowest BCUT2D eigenvalue weighted by Crippen LogP contribution is -2.32. The van der Waals surface area contributed by atoms with E-state index in [1.807, 2.05) is 6.07 Å². The van der Waals surface area contributed by atoms with Crippen molar-refractivity contribution >= 4 is 11.9 Å². The first-order chi connectivity index (χ1) is 10.1. The second-order valence-corrected chi connectivity index (χ2v) is 4.65. The average molecular weight is 284 g/mol. The summed E-state index contributed by atoms with van der Waals surface area (Å²) in [6, 6.07) is 12.2. The number of pyridine rings is 1. The number of rotatable bonds is 5. The van der Waals surface area contributed by atoms with E-state index in [2.05, 4.69) is 10.3 Å². The lowest BCUT2D eigenvalue weighted by molar-refractivity contribution is -0.138. The Hall–Kier alpha value is -2.69.